The second-order valence-corrected chi connectivity index (χ2v) is 16.3. The normalized spacial score (nSPS) is 48.3. The van der Waals surface area contributed by atoms with Crippen molar-refractivity contribution in [2.75, 3.05) is 19.8 Å². The van der Waals surface area contributed by atoms with Crippen LogP contribution < -0.4 is 11.1 Å². The van der Waals surface area contributed by atoms with Gasteiger partial charge in [0.25, 0.3) is 0 Å². The topological polar surface area (TPSA) is 217 Å². The SMILES string of the molecule is NC1CC(CC2C=CC3(CO)OC(OC4CCCC5C(=O)C6C=C(CC7CCCC(CO)C7)C=C(O)C6C(=O)C45)C(O)C2(O)C3O)CC[NH2+]1. The maximum Gasteiger partial charge on any atom is 0.188 e. The Bertz CT molecular complexity index is 1370. The van der Waals surface area contributed by atoms with Crippen molar-refractivity contribution in [3.63, 3.8) is 0 Å². The lowest BCUT2D eigenvalue weighted by molar-refractivity contribution is -0.699. The van der Waals surface area contributed by atoms with Crippen LogP contribution in [0, 0.1) is 47.3 Å². The molecule has 10 N–H and O–H groups in total. The third-order valence-corrected chi connectivity index (χ3v) is 13.2. The largest absolute Gasteiger partial charge is 0.512 e. The van der Waals surface area contributed by atoms with E-state index in [2.05, 4.69) is 5.32 Å². The summed E-state index contributed by atoms with van der Waals surface area (Å²) in [5, 5.41) is 68.7. The molecule has 49 heavy (non-hydrogen) atoms. The van der Waals surface area contributed by atoms with Crippen LogP contribution in [0.3, 0.4) is 0 Å². The Kier molecular flexibility index (Phi) is 10.0. The van der Waals surface area contributed by atoms with Gasteiger partial charge in [-0.2, -0.15) is 0 Å². The van der Waals surface area contributed by atoms with E-state index in [1.165, 1.54) is 0 Å². The summed E-state index contributed by atoms with van der Waals surface area (Å²) in [5.41, 5.74) is 3.18. The Morgan fingerprint density at radius 2 is 1.78 bits per heavy atom. The lowest BCUT2D eigenvalue weighted by atomic mass is 9.59. The van der Waals surface area contributed by atoms with Crippen molar-refractivity contribution in [2.24, 2.45) is 53.1 Å². The first-order valence-corrected chi connectivity index (χ1v) is 18.6. The number of carbonyl (C=O) groups is 2. The molecular formula is C37H55N2O10+. The van der Waals surface area contributed by atoms with Crippen LogP contribution in [0.25, 0.3) is 0 Å². The van der Waals surface area contributed by atoms with Gasteiger partial charge in [-0.15, -0.1) is 0 Å². The van der Waals surface area contributed by atoms with Crippen LogP contribution >= 0.6 is 0 Å². The lowest BCUT2D eigenvalue weighted by Crippen LogP contribution is -2.94. The molecule has 2 heterocycles. The molecule has 2 saturated heterocycles. The van der Waals surface area contributed by atoms with Gasteiger partial charge in [0.1, 0.15) is 41.1 Å². The maximum absolute atomic E-state index is 14.2. The third-order valence-electron chi connectivity index (χ3n) is 13.2. The number of ketones is 2. The number of carbonyl (C=O) groups excluding carboxylic acids is 2. The molecule has 2 aliphatic heterocycles. The van der Waals surface area contributed by atoms with Crippen LogP contribution in [-0.4, -0.2) is 104 Å². The summed E-state index contributed by atoms with van der Waals surface area (Å²) >= 11 is 0. The van der Waals surface area contributed by atoms with Crippen LogP contribution in [0.4, 0.5) is 0 Å². The first kappa shape index (κ1) is 35.4. The van der Waals surface area contributed by atoms with Crippen molar-refractivity contribution in [1.82, 2.24) is 0 Å². The number of nitrogens with two attached hydrogens (primary N) is 2. The van der Waals surface area contributed by atoms with Crippen LogP contribution in [0.5, 0.6) is 0 Å². The first-order valence-electron chi connectivity index (χ1n) is 18.6. The molecule has 5 aliphatic carbocycles. The summed E-state index contributed by atoms with van der Waals surface area (Å²) in [4.78, 5) is 28.3. The summed E-state index contributed by atoms with van der Waals surface area (Å²) < 4.78 is 12.5. The van der Waals surface area contributed by atoms with Crippen molar-refractivity contribution in [3.05, 3.63) is 35.6 Å². The lowest BCUT2D eigenvalue weighted by Gasteiger charge is -2.58. The first-order chi connectivity index (χ1) is 23.5. The zero-order valence-corrected chi connectivity index (χ0v) is 28.2. The second-order valence-electron chi connectivity index (χ2n) is 16.3. The van der Waals surface area contributed by atoms with E-state index in [9.17, 15) is 40.2 Å². The summed E-state index contributed by atoms with van der Waals surface area (Å²) in [5.74, 6) is -3.71. The molecule has 15 atom stereocenters. The quantitative estimate of drug-likeness (QED) is 0.160. The summed E-state index contributed by atoms with van der Waals surface area (Å²) in [6, 6.07) is 0. The van der Waals surface area contributed by atoms with Gasteiger partial charge in [0, 0.05) is 24.9 Å². The van der Waals surface area contributed by atoms with Gasteiger partial charge in [0.2, 0.25) is 0 Å². The van der Waals surface area contributed by atoms with E-state index in [-0.39, 0.29) is 41.9 Å². The Labute approximate surface area is 287 Å². The Balaban J connectivity index is 1.10. The molecule has 0 aromatic carbocycles. The number of hydrogen-bond donors (Lipinski definition) is 8. The van der Waals surface area contributed by atoms with E-state index in [0.29, 0.717) is 38.0 Å². The number of aliphatic hydroxyl groups excluding tert-OH is 5. The van der Waals surface area contributed by atoms with E-state index in [1.807, 2.05) is 6.08 Å². The molecule has 12 nitrogen and oxygen atoms in total. The van der Waals surface area contributed by atoms with E-state index in [1.54, 1.807) is 18.2 Å². The number of ether oxygens (including phenoxy) is 2. The minimum atomic E-state index is -2.11. The fraction of sp³-hybridized carbons (Fsp3) is 0.784. The van der Waals surface area contributed by atoms with E-state index in [0.717, 1.165) is 50.6 Å². The average molecular weight is 688 g/mol. The van der Waals surface area contributed by atoms with Gasteiger partial charge >= 0.3 is 0 Å². The van der Waals surface area contributed by atoms with Gasteiger partial charge in [0.05, 0.1) is 37.0 Å². The highest BCUT2D eigenvalue weighted by molar-refractivity contribution is 6.02. The van der Waals surface area contributed by atoms with Gasteiger partial charge in [-0.3, -0.25) is 15.3 Å². The number of Topliss-reactive ketones (excluding diaryl/α,β-unsaturated/α-hetero) is 2. The molecular weight excluding hydrogens is 632 g/mol. The molecule has 7 aliphatic rings. The fourth-order valence-corrected chi connectivity index (χ4v) is 10.6. The van der Waals surface area contributed by atoms with E-state index >= 15 is 0 Å². The van der Waals surface area contributed by atoms with Crippen molar-refractivity contribution in [1.29, 1.82) is 0 Å². The van der Waals surface area contributed by atoms with Crippen molar-refractivity contribution in [3.8, 4) is 0 Å². The minimum absolute atomic E-state index is 0.0651. The monoisotopic (exact) mass is 687 g/mol. The number of fused-ring (bicyclic) bond motifs is 4. The maximum atomic E-state index is 14.2. The number of aliphatic hydroxyl groups is 6. The Morgan fingerprint density at radius 3 is 2.53 bits per heavy atom. The predicted octanol–water partition coefficient (Wildman–Crippen LogP) is 0.117. The van der Waals surface area contributed by atoms with Gasteiger partial charge < -0.3 is 45.4 Å². The summed E-state index contributed by atoms with van der Waals surface area (Å²) in [6.07, 6.45) is 9.15. The Hall–Kier alpha value is -2.00. The van der Waals surface area contributed by atoms with Gasteiger partial charge in [-0.25, -0.2) is 0 Å². The van der Waals surface area contributed by atoms with Crippen LogP contribution in [0.2, 0.25) is 0 Å². The van der Waals surface area contributed by atoms with Crippen LogP contribution in [0.15, 0.2) is 35.6 Å². The predicted molar refractivity (Wildman–Crippen MR) is 175 cm³/mol. The molecule has 0 aromatic heterocycles. The molecule has 0 amide bonds. The zero-order valence-electron chi connectivity index (χ0n) is 28.2. The molecule has 7 rings (SSSR count). The number of hydrogen-bond acceptors (Lipinski definition) is 11. The summed E-state index contributed by atoms with van der Waals surface area (Å²) in [6.45, 7) is 0.325. The van der Waals surface area contributed by atoms with Crippen molar-refractivity contribution in [2.45, 2.75) is 113 Å². The molecule has 0 radical (unpaired) electrons. The van der Waals surface area contributed by atoms with Crippen LogP contribution in [0.1, 0.15) is 70.6 Å². The molecule has 15 unspecified atom stereocenters. The molecule has 5 fully saturated rings. The van der Waals surface area contributed by atoms with Crippen molar-refractivity contribution < 1.29 is 55.0 Å². The number of quaternary nitrogens is 1. The fourth-order valence-electron chi connectivity index (χ4n) is 10.6. The van der Waals surface area contributed by atoms with Gasteiger partial charge in [0.15, 0.2) is 12.1 Å². The average Bonchev–Trinajstić information content (AvgIpc) is 3.09. The molecule has 272 valence electrons. The highest BCUT2D eigenvalue weighted by atomic mass is 16.7. The molecule has 0 aromatic rings. The smallest absolute Gasteiger partial charge is 0.188 e. The summed E-state index contributed by atoms with van der Waals surface area (Å²) in [7, 11) is 0. The number of allylic oxidation sites excluding steroid dienone is 4. The zero-order chi connectivity index (χ0) is 34.7. The molecule has 3 saturated carbocycles. The van der Waals surface area contributed by atoms with Gasteiger partial charge in [-0.1, -0.05) is 37.5 Å². The van der Waals surface area contributed by atoms with Crippen molar-refractivity contribution >= 4 is 11.6 Å². The minimum Gasteiger partial charge on any atom is -0.512 e. The van der Waals surface area contributed by atoms with Crippen LogP contribution in [-0.2, 0) is 19.1 Å². The molecule has 2 bridgehead atoms. The number of piperidine rings is 1. The Morgan fingerprint density at radius 1 is 1.00 bits per heavy atom. The van der Waals surface area contributed by atoms with E-state index < -0.39 is 72.0 Å². The second kappa shape index (κ2) is 13.9. The third kappa shape index (κ3) is 6.18. The molecule has 12 heteroatoms. The van der Waals surface area contributed by atoms with Gasteiger partial charge in [-0.05, 0) is 74.3 Å². The number of rotatable bonds is 8. The molecule has 0 spiro atoms. The standard InChI is InChI=1S/C37H54N2O10/c38-28-16-20(8-10-39-28)13-23-7-9-36(18-41)35(46)37(23,47)33(45)34(49-36)48-27-6-2-5-24-30(27)32(44)29-25(31(24)43)14-22(15-26(29)42)12-19-3-1-4-21(11-19)17-40/h7,9,14-15,19-21,23-25,27-30,33-35,39-42,45-47H,1-6,8,10-13,16-18,38H2/p+1. The highest BCUT2D eigenvalue weighted by Gasteiger charge is 2.67. The highest BCUT2D eigenvalue weighted by Crippen LogP contribution is 2.51. The van der Waals surface area contributed by atoms with E-state index in [4.69, 9.17) is 15.2 Å².